The van der Waals surface area contributed by atoms with E-state index in [1.807, 2.05) is 0 Å². The van der Waals surface area contributed by atoms with Crippen molar-refractivity contribution in [1.82, 2.24) is 5.32 Å². The Bertz CT molecular complexity index is 415. The number of aromatic hydroxyl groups is 2. The molecule has 0 aromatic heterocycles. The number of ether oxygens (including phenoxy) is 1. The fraction of sp³-hybridized carbons (Fsp3) is 0.417. The van der Waals surface area contributed by atoms with Gasteiger partial charge in [0.2, 0.25) is 0 Å². The lowest BCUT2D eigenvalue weighted by atomic mass is 10.1. The second-order valence-electron chi connectivity index (χ2n) is 4.44. The van der Waals surface area contributed by atoms with Crippen LogP contribution in [0.1, 0.15) is 24.2 Å². The van der Waals surface area contributed by atoms with Gasteiger partial charge in [-0.1, -0.05) is 6.07 Å². The number of para-hydroxylation sites is 1. The van der Waals surface area contributed by atoms with Crippen LogP contribution < -0.4 is 5.32 Å². The van der Waals surface area contributed by atoms with Crippen molar-refractivity contribution >= 4 is 5.91 Å². The van der Waals surface area contributed by atoms with Crippen molar-refractivity contribution in [3.05, 3.63) is 23.8 Å². The molecule has 0 atom stereocenters. The van der Waals surface area contributed by atoms with Crippen molar-refractivity contribution in [3.8, 4) is 11.5 Å². The van der Waals surface area contributed by atoms with Gasteiger partial charge in [-0.25, -0.2) is 0 Å². The van der Waals surface area contributed by atoms with E-state index < -0.39 is 17.2 Å². The summed E-state index contributed by atoms with van der Waals surface area (Å²) in [5.41, 5.74) is -0.516. The Balaban J connectivity index is 2.87. The van der Waals surface area contributed by atoms with Crippen LogP contribution in [0.4, 0.5) is 0 Å². The summed E-state index contributed by atoms with van der Waals surface area (Å²) in [5, 5.41) is 21.6. The van der Waals surface area contributed by atoms with Gasteiger partial charge in [-0.05, 0) is 26.0 Å². The summed E-state index contributed by atoms with van der Waals surface area (Å²) in [6, 6.07) is 4.24. The number of carbonyl (C=O) groups is 1. The van der Waals surface area contributed by atoms with Crippen LogP contribution in [0.25, 0.3) is 0 Å². The monoisotopic (exact) mass is 239 g/mol. The van der Waals surface area contributed by atoms with E-state index in [1.165, 1.54) is 18.2 Å². The molecule has 1 aromatic carbocycles. The highest BCUT2D eigenvalue weighted by molar-refractivity contribution is 5.98. The maximum absolute atomic E-state index is 11.9. The van der Waals surface area contributed by atoms with Gasteiger partial charge in [0.15, 0.2) is 11.5 Å². The number of phenolic OH excluding ortho intramolecular Hbond substituents is 2. The predicted octanol–water partition coefficient (Wildman–Crippen LogP) is 1.25. The average molecular weight is 239 g/mol. The summed E-state index contributed by atoms with van der Waals surface area (Å²) in [5.74, 6) is -1.19. The van der Waals surface area contributed by atoms with Gasteiger partial charge in [-0.15, -0.1) is 0 Å². The Morgan fingerprint density at radius 2 is 2.06 bits per heavy atom. The molecule has 0 unspecified atom stereocenters. The summed E-state index contributed by atoms with van der Waals surface area (Å²) >= 11 is 0. The van der Waals surface area contributed by atoms with Crippen LogP contribution in [0.15, 0.2) is 18.2 Å². The highest BCUT2D eigenvalue weighted by Crippen LogP contribution is 2.28. The number of rotatable bonds is 4. The van der Waals surface area contributed by atoms with Gasteiger partial charge in [0.25, 0.3) is 5.91 Å². The molecule has 0 saturated heterocycles. The van der Waals surface area contributed by atoms with Crippen LogP contribution in [0, 0.1) is 0 Å². The summed E-state index contributed by atoms with van der Waals surface area (Å²) in [4.78, 5) is 11.9. The molecule has 0 heterocycles. The van der Waals surface area contributed by atoms with Crippen molar-refractivity contribution in [2.24, 2.45) is 0 Å². The quantitative estimate of drug-likeness (QED) is 0.691. The third-order valence-corrected chi connectivity index (χ3v) is 2.22. The molecule has 17 heavy (non-hydrogen) atoms. The fourth-order valence-corrected chi connectivity index (χ4v) is 1.49. The van der Waals surface area contributed by atoms with Crippen molar-refractivity contribution in [3.63, 3.8) is 0 Å². The number of phenols is 2. The Labute approximate surface area is 100 Å². The number of nitrogens with one attached hydrogen (secondary N) is 1. The molecule has 0 bridgehead atoms. The van der Waals surface area contributed by atoms with Crippen molar-refractivity contribution in [1.29, 1.82) is 0 Å². The highest BCUT2D eigenvalue weighted by Gasteiger charge is 2.23. The largest absolute Gasteiger partial charge is 0.504 e. The van der Waals surface area contributed by atoms with E-state index in [-0.39, 0.29) is 11.3 Å². The van der Waals surface area contributed by atoms with Gasteiger partial charge in [0.05, 0.1) is 17.7 Å². The predicted molar refractivity (Wildman–Crippen MR) is 63.2 cm³/mol. The maximum atomic E-state index is 11.9. The van der Waals surface area contributed by atoms with Gasteiger partial charge in [-0.2, -0.15) is 0 Å². The Morgan fingerprint density at radius 1 is 1.41 bits per heavy atom. The van der Waals surface area contributed by atoms with E-state index in [2.05, 4.69) is 5.32 Å². The van der Waals surface area contributed by atoms with Crippen LogP contribution in [0.5, 0.6) is 11.5 Å². The highest BCUT2D eigenvalue weighted by atomic mass is 16.5. The SMILES string of the molecule is COCC(C)(C)NC(=O)c1cccc(O)c1O. The summed E-state index contributed by atoms with van der Waals surface area (Å²) in [7, 11) is 1.54. The normalized spacial score (nSPS) is 11.2. The third kappa shape index (κ3) is 3.35. The van der Waals surface area contributed by atoms with E-state index in [1.54, 1.807) is 21.0 Å². The molecule has 1 rings (SSSR count). The number of methoxy groups -OCH3 is 1. The number of hydrogen-bond acceptors (Lipinski definition) is 4. The molecule has 0 radical (unpaired) electrons. The Morgan fingerprint density at radius 3 is 2.65 bits per heavy atom. The first-order valence-electron chi connectivity index (χ1n) is 5.20. The van der Waals surface area contributed by atoms with E-state index >= 15 is 0 Å². The molecular weight excluding hydrogens is 222 g/mol. The Kier molecular flexibility index (Phi) is 3.96. The van der Waals surface area contributed by atoms with Gasteiger partial charge in [0.1, 0.15) is 0 Å². The lowest BCUT2D eigenvalue weighted by Gasteiger charge is -2.25. The molecule has 0 spiro atoms. The van der Waals surface area contributed by atoms with Crippen LogP contribution in [0.3, 0.4) is 0 Å². The van der Waals surface area contributed by atoms with Crippen LogP contribution in [-0.2, 0) is 4.74 Å². The molecule has 1 aromatic rings. The third-order valence-electron chi connectivity index (χ3n) is 2.22. The van der Waals surface area contributed by atoms with Gasteiger partial charge in [-0.3, -0.25) is 4.79 Å². The molecular formula is C12H17NO4. The number of hydrogen-bond donors (Lipinski definition) is 3. The summed E-state index contributed by atoms with van der Waals surface area (Å²) in [6.07, 6.45) is 0. The lowest BCUT2D eigenvalue weighted by Crippen LogP contribution is -2.46. The second-order valence-corrected chi connectivity index (χ2v) is 4.44. The Hall–Kier alpha value is -1.75. The van der Waals surface area contributed by atoms with E-state index in [9.17, 15) is 15.0 Å². The van der Waals surface area contributed by atoms with Crippen molar-refractivity contribution in [2.45, 2.75) is 19.4 Å². The van der Waals surface area contributed by atoms with Crippen LogP contribution in [-0.4, -0.2) is 35.4 Å². The van der Waals surface area contributed by atoms with Gasteiger partial charge < -0.3 is 20.3 Å². The summed E-state index contributed by atoms with van der Waals surface area (Å²) in [6.45, 7) is 3.95. The minimum atomic E-state index is -0.552. The fourth-order valence-electron chi connectivity index (χ4n) is 1.49. The van der Waals surface area contributed by atoms with Crippen molar-refractivity contribution in [2.75, 3.05) is 13.7 Å². The molecule has 0 aliphatic carbocycles. The van der Waals surface area contributed by atoms with Crippen molar-refractivity contribution < 1.29 is 19.7 Å². The number of amides is 1. The first-order chi connectivity index (χ1) is 7.87. The maximum Gasteiger partial charge on any atom is 0.255 e. The molecule has 3 N–H and O–H groups in total. The van der Waals surface area contributed by atoms with Gasteiger partial charge in [0, 0.05) is 7.11 Å². The van der Waals surface area contributed by atoms with Crippen LogP contribution >= 0.6 is 0 Å². The molecule has 5 nitrogen and oxygen atoms in total. The minimum absolute atomic E-state index is 0.0363. The minimum Gasteiger partial charge on any atom is -0.504 e. The summed E-state index contributed by atoms with van der Waals surface area (Å²) < 4.78 is 4.97. The number of carbonyl (C=O) groups excluding carboxylic acids is 1. The zero-order chi connectivity index (χ0) is 13.1. The second kappa shape index (κ2) is 5.05. The van der Waals surface area contributed by atoms with E-state index in [0.29, 0.717) is 6.61 Å². The molecule has 0 fully saturated rings. The zero-order valence-electron chi connectivity index (χ0n) is 10.2. The molecule has 94 valence electrons. The zero-order valence-corrected chi connectivity index (χ0v) is 10.2. The first-order valence-corrected chi connectivity index (χ1v) is 5.20. The number of benzene rings is 1. The topological polar surface area (TPSA) is 78.8 Å². The molecule has 0 aliphatic rings. The van der Waals surface area contributed by atoms with Gasteiger partial charge >= 0.3 is 0 Å². The lowest BCUT2D eigenvalue weighted by molar-refractivity contribution is 0.0817. The molecule has 0 saturated carbocycles. The molecule has 5 heteroatoms. The van der Waals surface area contributed by atoms with E-state index in [4.69, 9.17) is 4.74 Å². The average Bonchev–Trinajstić information content (AvgIpc) is 2.21. The smallest absolute Gasteiger partial charge is 0.255 e. The first kappa shape index (κ1) is 13.3. The van der Waals surface area contributed by atoms with E-state index in [0.717, 1.165) is 0 Å². The molecule has 0 aliphatic heterocycles. The standard InChI is InChI=1S/C12H17NO4/c1-12(2,7-17-3)13-11(16)8-5-4-6-9(14)10(8)15/h4-6,14-15H,7H2,1-3H3,(H,13,16). The molecule has 1 amide bonds. The van der Waals surface area contributed by atoms with Crippen LogP contribution in [0.2, 0.25) is 0 Å².